The summed E-state index contributed by atoms with van der Waals surface area (Å²) in [6.45, 7) is 4.27. The van der Waals surface area contributed by atoms with E-state index in [2.05, 4.69) is 36.6 Å². The molecule has 130 valence electrons. The maximum Gasteiger partial charge on any atom is 0.252 e. The summed E-state index contributed by atoms with van der Waals surface area (Å²) in [5.41, 5.74) is 3.02. The molecule has 0 radical (unpaired) electrons. The molecule has 0 aliphatic carbocycles. The van der Waals surface area contributed by atoms with Gasteiger partial charge in [-0.1, -0.05) is 49.7 Å². The van der Waals surface area contributed by atoms with Crippen molar-refractivity contribution in [1.29, 1.82) is 0 Å². The van der Waals surface area contributed by atoms with Crippen LogP contribution < -0.4 is 10.6 Å². The third kappa shape index (κ3) is 5.19. The molecule has 5 heteroatoms. The second kappa shape index (κ2) is 8.49. The molecule has 0 bridgehead atoms. The molecule has 0 aliphatic rings. The second-order valence-corrected chi connectivity index (χ2v) is 6.32. The van der Waals surface area contributed by atoms with Crippen molar-refractivity contribution in [1.82, 2.24) is 5.32 Å². The first-order chi connectivity index (χ1) is 11.9. The topological polar surface area (TPSA) is 58.2 Å². The lowest BCUT2D eigenvalue weighted by atomic mass is 10.0. The van der Waals surface area contributed by atoms with Crippen molar-refractivity contribution in [3.8, 4) is 0 Å². The Balaban J connectivity index is 2.06. The van der Waals surface area contributed by atoms with Gasteiger partial charge in [0.1, 0.15) is 0 Å². The Morgan fingerprint density at radius 1 is 1.08 bits per heavy atom. The predicted molar refractivity (Wildman–Crippen MR) is 103 cm³/mol. The molecular weight excluding hydrogens is 336 g/mol. The number of hydrogen-bond acceptors (Lipinski definition) is 2. The van der Waals surface area contributed by atoms with Crippen LogP contribution in [-0.4, -0.2) is 18.9 Å². The number of anilines is 1. The van der Waals surface area contributed by atoms with Crippen LogP contribution in [0.4, 0.5) is 5.69 Å². The van der Waals surface area contributed by atoms with E-state index in [0.29, 0.717) is 22.2 Å². The van der Waals surface area contributed by atoms with Crippen LogP contribution in [0, 0.1) is 0 Å². The molecule has 0 saturated heterocycles. The Hall–Kier alpha value is -2.59. The number of nitrogens with one attached hydrogen (secondary N) is 2. The van der Waals surface area contributed by atoms with Gasteiger partial charge >= 0.3 is 0 Å². The number of halogens is 1. The van der Waals surface area contributed by atoms with Gasteiger partial charge in [-0.05, 0) is 41.3 Å². The van der Waals surface area contributed by atoms with Gasteiger partial charge < -0.3 is 10.6 Å². The van der Waals surface area contributed by atoms with E-state index >= 15 is 0 Å². The summed E-state index contributed by atoms with van der Waals surface area (Å²) in [7, 11) is 1.53. The lowest BCUT2D eigenvalue weighted by molar-refractivity contribution is -0.111. The molecule has 0 atom stereocenters. The fraction of sp³-hybridized carbons (Fsp3) is 0.200. The van der Waals surface area contributed by atoms with Crippen molar-refractivity contribution in [2.45, 2.75) is 19.8 Å². The van der Waals surface area contributed by atoms with Gasteiger partial charge in [-0.15, -0.1) is 0 Å². The van der Waals surface area contributed by atoms with Crippen LogP contribution in [0.5, 0.6) is 0 Å². The minimum atomic E-state index is -0.304. The van der Waals surface area contributed by atoms with Crippen LogP contribution in [0.3, 0.4) is 0 Å². The monoisotopic (exact) mass is 356 g/mol. The Morgan fingerprint density at radius 3 is 2.36 bits per heavy atom. The summed E-state index contributed by atoms with van der Waals surface area (Å²) in [6, 6.07) is 12.8. The molecular formula is C20H21ClN2O2. The highest BCUT2D eigenvalue weighted by Crippen LogP contribution is 2.21. The number of carbonyl (C=O) groups excluding carboxylic acids is 2. The van der Waals surface area contributed by atoms with Gasteiger partial charge in [0.05, 0.1) is 10.6 Å². The Labute approximate surface area is 152 Å². The highest BCUT2D eigenvalue weighted by atomic mass is 35.5. The van der Waals surface area contributed by atoms with Crippen LogP contribution in [0.15, 0.2) is 48.5 Å². The van der Waals surface area contributed by atoms with E-state index < -0.39 is 0 Å². The van der Waals surface area contributed by atoms with Crippen molar-refractivity contribution in [2.24, 2.45) is 0 Å². The number of hydrogen-bond donors (Lipinski definition) is 2. The molecule has 0 heterocycles. The number of benzene rings is 2. The van der Waals surface area contributed by atoms with Gasteiger partial charge in [-0.2, -0.15) is 0 Å². The van der Waals surface area contributed by atoms with Crippen molar-refractivity contribution in [2.75, 3.05) is 12.4 Å². The molecule has 0 aliphatic heterocycles. The fourth-order valence-corrected chi connectivity index (χ4v) is 2.46. The summed E-state index contributed by atoms with van der Waals surface area (Å²) < 4.78 is 0. The number of amides is 2. The maximum atomic E-state index is 12.1. The van der Waals surface area contributed by atoms with E-state index in [1.54, 1.807) is 24.3 Å². The zero-order chi connectivity index (χ0) is 18.4. The van der Waals surface area contributed by atoms with E-state index in [0.717, 1.165) is 5.56 Å². The Bertz CT molecular complexity index is 796. The van der Waals surface area contributed by atoms with Gasteiger partial charge in [0.15, 0.2) is 0 Å². The molecule has 0 aromatic heterocycles. The largest absolute Gasteiger partial charge is 0.355 e. The summed E-state index contributed by atoms with van der Waals surface area (Å²) in [6.07, 6.45) is 3.20. The van der Waals surface area contributed by atoms with Gasteiger partial charge in [-0.3, -0.25) is 9.59 Å². The van der Waals surface area contributed by atoms with Crippen LogP contribution in [0.2, 0.25) is 5.02 Å². The van der Waals surface area contributed by atoms with Crippen molar-refractivity contribution in [3.05, 3.63) is 70.3 Å². The maximum absolute atomic E-state index is 12.1. The first kappa shape index (κ1) is 18.7. The third-order valence-corrected chi connectivity index (χ3v) is 4.07. The van der Waals surface area contributed by atoms with Gasteiger partial charge in [0.25, 0.3) is 5.91 Å². The van der Waals surface area contributed by atoms with E-state index in [1.165, 1.54) is 18.7 Å². The van der Waals surface area contributed by atoms with Crippen molar-refractivity contribution >= 4 is 35.2 Å². The first-order valence-corrected chi connectivity index (χ1v) is 8.39. The molecule has 4 nitrogen and oxygen atoms in total. The Kier molecular flexibility index (Phi) is 6.37. The lowest BCUT2D eigenvalue weighted by Crippen LogP contribution is -2.18. The van der Waals surface area contributed by atoms with Crippen LogP contribution in [0.25, 0.3) is 6.08 Å². The molecule has 0 unspecified atom stereocenters. The average Bonchev–Trinajstić information content (AvgIpc) is 2.61. The van der Waals surface area contributed by atoms with Crippen molar-refractivity contribution in [3.63, 3.8) is 0 Å². The molecule has 2 rings (SSSR count). The normalized spacial score (nSPS) is 10.9. The lowest BCUT2D eigenvalue weighted by Gasteiger charge is -2.07. The van der Waals surface area contributed by atoms with Gasteiger partial charge in [0, 0.05) is 18.8 Å². The van der Waals surface area contributed by atoms with E-state index in [1.807, 2.05) is 12.1 Å². The summed E-state index contributed by atoms with van der Waals surface area (Å²) in [4.78, 5) is 23.8. The smallest absolute Gasteiger partial charge is 0.252 e. The minimum absolute atomic E-state index is 0.280. The fourth-order valence-electron chi connectivity index (χ4n) is 2.26. The SMILES string of the molecule is CNC(=O)c1cc(NC(=O)C=Cc2ccc(C(C)C)cc2)ccc1Cl. The highest BCUT2D eigenvalue weighted by Gasteiger charge is 2.10. The minimum Gasteiger partial charge on any atom is -0.355 e. The zero-order valence-electron chi connectivity index (χ0n) is 14.5. The van der Waals surface area contributed by atoms with E-state index in [4.69, 9.17) is 11.6 Å². The number of carbonyl (C=O) groups is 2. The van der Waals surface area contributed by atoms with Crippen molar-refractivity contribution < 1.29 is 9.59 Å². The van der Waals surface area contributed by atoms with Gasteiger partial charge in [-0.25, -0.2) is 0 Å². The molecule has 0 saturated carbocycles. The zero-order valence-corrected chi connectivity index (χ0v) is 15.2. The van der Waals surface area contributed by atoms with Gasteiger partial charge in [0.2, 0.25) is 5.91 Å². The molecule has 2 amide bonds. The molecule has 25 heavy (non-hydrogen) atoms. The average molecular weight is 357 g/mol. The van der Waals surface area contributed by atoms with Crippen LogP contribution in [-0.2, 0) is 4.79 Å². The third-order valence-electron chi connectivity index (χ3n) is 3.74. The highest BCUT2D eigenvalue weighted by molar-refractivity contribution is 6.34. The summed E-state index contributed by atoms with van der Waals surface area (Å²) >= 11 is 5.99. The predicted octanol–water partition coefficient (Wildman–Crippen LogP) is 4.47. The second-order valence-electron chi connectivity index (χ2n) is 5.92. The van der Waals surface area contributed by atoms with Crippen LogP contribution >= 0.6 is 11.6 Å². The van der Waals surface area contributed by atoms with E-state index in [-0.39, 0.29) is 11.8 Å². The number of rotatable bonds is 5. The van der Waals surface area contributed by atoms with Crippen LogP contribution in [0.1, 0.15) is 41.3 Å². The Morgan fingerprint density at radius 2 is 1.76 bits per heavy atom. The molecule has 2 N–H and O–H groups in total. The molecule has 2 aromatic carbocycles. The first-order valence-electron chi connectivity index (χ1n) is 8.01. The standard InChI is InChI=1S/C20H21ClN2O2/c1-13(2)15-7-4-14(5-8-15)6-11-19(24)23-16-9-10-18(21)17(12-16)20(25)22-3/h4-13H,1-3H3,(H,22,25)(H,23,24). The quantitative estimate of drug-likeness (QED) is 0.776. The summed E-state index contributed by atoms with van der Waals surface area (Å²) in [5, 5.41) is 5.57. The summed E-state index contributed by atoms with van der Waals surface area (Å²) in [5.74, 6) is -0.110. The van der Waals surface area contributed by atoms with E-state index in [9.17, 15) is 9.59 Å². The molecule has 2 aromatic rings. The molecule has 0 fully saturated rings. The molecule has 0 spiro atoms.